The van der Waals surface area contributed by atoms with Gasteiger partial charge in [-0.25, -0.2) is 0 Å². The molecule has 1 aromatic carbocycles. The Kier molecular flexibility index (Phi) is 4.14. The van der Waals surface area contributed by atoms with Gasteiger partial charge in [-0.15, -0.1) is 0 Å². The van der Waals surface area contributed by atoms with Gasteiger partial charge in [-0.05, 0) is 19.1 Å². The van der Waals surface area contributed by atoms with E-state index in [0.29, 0.717) is 17.9 Å². The number of hydrogen-bond donors (Lipinski definition) is 3. The first-order chi connectivity index (χ1) is 10.0. The van der Waals surface area contributed by atoms with Crippen molar-refractivity contribution in [1.29, 1.82) is 0 Å². The lowest BCUT2D eigenvalue weighted by Crippen LogP contribution is -2.15. The molecule has 1 heterocycles. The molecule has 9 nitrogen and oxygen atoms in total. The molecule has 9 heteroatoms. The molecule has 1 amide bonds. The minimum absolute atomic E-state index is 0.0836. The quantitative estimate of drug-likeness (QED) is 0.433. The third kappa shape index (κ3) is 3.15. The van der Waals surface area contributed by atoms with Gasteiger partial charge in [0.1, 0.15) is 5.56 Å². The van der Waals surface area contributed by atoms with E-state index in [9.17, 15) is 14.9 Å². The number of carbonyl (C=O) groups excluding carboxylic acids is 1. The van der Waals surface area contributed by atoms with Gasteiger partial charge in [-0.2, -0.15) is 5.10 Å². The Labute approximate surface area is 119 Å². The van der Waals surface area contributed by atoms with E-state index in [2.05, 4.69) is 15.8 Å². The second-order valence-electron chi connectivity index (χ2n) is 4.17. The van der Waals surface area contributed by atoms with E-state index < -0.39 is 10.8 Å². The smallest absolute Gasteiger partial charge is 0.282 e. The number of nitrogens with zero attached hydrogens (tertiary/aromatic N) is 3. The number of nitrogens with one attached hydrogen (secondary N) is 2. The minimum Gasteiger partial charge on any atom is -0.324 e. The number of nitrogen functional groups attached to an aromatic ring is 1. The molecule has 2 rings (SSSR count). The molecule has 0 bridgehead atoms. The molecule has 0 aliphatic carbocycles. The van der Waals surface area contributed by atoms with E-state index in [-0.39, 0.29) is 11.3 Å². The summed E-state index contributed by atoms with van der Waals surface area (Å²) in [5, 5.41) is 17.6. The number of nitro groups is 1. The lowest BCUT2D eigenvalue weighted by Gasteiger charge is -2.06. The average Bonchev–Trinajstić information content (AvgIpc) is 2.94. The SMILES string of the molecule is CCn1cc(NC(=O)c2cc(NN)ccc2[N+](=O)[O-])cn1. The Hall–Kier alpha value is -2.94. The molecular weight excluding hydrogens is 276 g/mol. The summed E-state index contributed by atoms with van der Waals surface area (Å²) >= 11 is 0. The maximum absolute atomic E-state index is 12.2. The van der Waals surface area contributed by atoms with Crippen LogP contribution in [0.15, 0.2) is 30.6 Å². The van der Waals surface area contributed by atoms with Crippen LogP contribution in [0, 0.1) is 10.1 Å². The third-order valence-corrected chi connectivity index (χ3v) is 2.82. The van der Waals surface area contributed by atoms with E-state index in [4.69, 9.17) is 5.84 Å². The van der Waals surface area contributed by atoms with E-state index in [1.807, 2.05) is 6.92 Å². The van der Waals surface area contributed by atoms with Crippen LogP contribution in [0.25, 0.3) is 0 Å². The molecule has 0 fully saturated rings. The molecule has 2 aromatic rings. The van der Waals surface area contributed by atoms with Crippen molar-refractivity contribution in [3.63, 3.8) is 0 Å². The molecule has 0 aliphatic rings. The molecule has 0 radical (unpaired) electrons. The number of nitro benzene ring substituents is 1. The lowest BCUT2D eigenvalue weighted by atomic mass is 10.1. The van der Waals surface area contributed by atoms with Gasteiger partial charge in [-0.3, -0.25) is 25.4 Å². The van der Waals surface area contributed by atoms with E-state index in [1.54, 1.807) is 10.9 Å². The Balaban J connectivity index is 2.30. The highest BCUT2D eigenvalue weighted by Crippen LogP contribution is 2.23. The van der Waals surface area contributed by atoms with E-state index in [0.717, 1.165) is 0 Å². The summed E-state index contributed by atoms with van der Waals surface area (Å²) in [5.41, 5.74) is 2.82. The molecular formula is C12H14N6O3. The van der Waals surface area contributed by atoms with Crippen LogP contribution in [0.3, 0.4) is 0 Å². The molecule has 0 aliphatic heterocycles. The van der Waals surface area contributed by atoms with Crippen LogP contribution in [0.4, 0.5) is 17.1 Å². The number of rotatable bonds is 5. The first-order valence-electron chi connectivity index (χ1n) is 6.14. The van der Waals surface area contributed by atoms with E-state index in [1.165, 1.54) is 24.4 Å². The average molecular weight is 290 g/mol. The first kappa shape index (κ1) is 14.5. The van der Waals surface area contributed by atoms with Crippen molar-refractivity contribution in [3.8, 4) is 0 Å². The second kappa shape index (κ2) is 6.01. The Morgan fingerprint density at radius 2 is 2.24 bits per heavy atom. The Bertz CT molecular complexity index is 681. The number of hydrazine groups is 1. The van der Waals surface area contributed by atoms with Gasteiger partial charge in [0.2, 0.25) is 0 Å². The predicted octanol–water partition coefficient (Wildman–Crippen LogP) is 1.35. The third-order valence-electron chi connectivity index (χ3n) is 2.82. The van der Waals surface area contributed by atoms with E-state index >= 15 is 0 Å². The maximum atomic E-state index is 12.2. The highest BCUT2D eigenvalue weighted by molar-refractivity contribution is 6.07. The molecule has 1 aromatic heterocycles. The van der Waals surface area contributed by atoms with Crippen molar-refractivity contribution in [2.75, 3.05) is 10.7 Å². The molecule has 0 atom stereocenters. The summed E-state index contributed by atoms with van der Waals surface area (Å²) in [6.45, 7) is 2.56. The fraction of sp³-hybridized carbons (Fsp3) is 0.167. The fourth-order valence-electron chi connectivity index (χ4n) is 1.77. The van der Waals surface area contributed by atoms with Crippen molar-refractivity contribution in [1.82, 2.24) is 9.78 Å². The zero-order chi connectivity index (χ0) is 15.4. The molecule has 21 heavy (non-hydrogen) atoms. The summed E-state index contributed by atoms with van der Waals surface area (Å²) in [7, 11) is 0. The largest absolute Gasteiger partial charge is 0.324 e. The van der Waals surface area contributed by atoms with Gasteiger partial charge >= 0.3 is 0 Å². The summed E-state index contributed by atoms with van der Waals surface area (Å²) < 4.78 is 1.63. The lowest BCUT2D eigenvalue weighted by molar-refractivity contribution is -0.385. The van der Waals surface area contributed by atoms with Crippen molar-refractivity contribution in [2.24, 2.45) is 5.84 Å². The number of carbonyl (C=O) groups is 1. The normalized spacial score (nSPS) is 10.2. The van der Waals surface area contributed by atoms with Crippen LogP contribution < -0.4 is 16.6 Å². The summed E-state index contributed by atoms with van der Waals surface area (Å²) in [6, 6.07) is 3.96. The first-order valence-corrected chi connectivity index (χ1v) is 6.14. The summed E-state index contributed by atoms with van der Waals surface area (Å²) in [4.78, 5) is 22.5. The monoisotopic (exact) mass is 290 g/mol. The zero-order valence-electron chi connectivity index (χ0n) is 11.2. The fourth-order valence-corrected chi connectivity index (χ4v) is 1.77. The summed E-state index contributed by atoms with van der Waals surface area (Å²) in [6.07, 6.45) is 3.10. The molecule has 0 unspecified atom stereocenters. The van der Waals surface area contributed by atoms with Crippen LogP contribution in [0.5, 0.6) is 0 Å². The van der Waals surface area contributed by atoms with Gasteiger partial charge in [0, 0.05) is 24.5 Å². The van der Waals surface area contributed by atoms with Crippen LogP contribution in [-0.4, -0.2) is 20.6 Å². The van der Waals surface area contributed by atoms with Gasteiger partial charge < -0.3 is 10.7 Å². The van der Waals surface area contributed by atoms with Crippen LogP contribution in [0.2, 0.25) is 0 Å². The number of benzene rings is 1. The number of amides is 1. The molecule has 110 valence electrons. The Morgan fingerprint density at radius 1 is 1.48 bits per heavy atom. The van der Waals surface area contributed by atoms with Crippen LogP contribution >= 0.6 is 0 Å². The topological polar surface area (TPSA) is 128 Å². The highest BCUT2D eigenvalue weighted by atomic mass is 16.6. The van der Waals surface area contributed by atoms with Crippen LogP contribution in [0.1, 0.15) is 17.3 Å². The van der Waals surface area contributed by atoms with Gasteiger partial charge in [0.05, 0.1) is 16.8 Å². The standard InChI is InChI=1S/C12H14N6O3/c1-2-17-7-9(6-14-17)15-12(19)10-5-8(16-13)3-4-11(10)18(20)21/h3-7,16H,2,13H2,1H3,(H,15,19). The number of hydrogen-bond acceptors (Lipinski definition) is 6. The van der Waals surface area contributed by atoms with Crippen LogP contribution in [-0.2, 0) is 6.54 Å². The van der Waals surface area contributed by atoms with Crippen molar-refractivity contribution < 1.29 is 9.72 Å². The number of aromatic nitrogens is 2. The number of anilines is 2. The summed E-state index contributed by atoms with van der Waals surface area (Å²) in [5.74, 6) is 4.65. The molecule has 0 saturated carbocycles. The maximum Gasteiger partial charge on any atom is 0.282 e. The minimum atomic E-state index is -0.620. The molecule has 4 N–H and O–H groups in total. The Morgan fingerprint density at radius 3 is 2.81 bits per heavy atom. The van der Waals surface area contributed by atoms with Gasteiger partial charge in [0.25, 0.3) is 11.6 Å². The van der Waals surface area contributed by atoms with Gasteiger partial charge in [-0.1, -0.05) is 0 Å². The van der Waals surface area contributed by atoms with Crippen molar-refractivity contribution in [3.05, 3.63) is 46.3 Å². The number of aryl methyl sites for hydroxylation is 1. The van der Waals surface area contributed by atoms with Gasteiger partial charge in [0.15, 0.2) is 0 Å². The zero-order valence-corrected chi connectivity index (χ0v) is 11.2. The second-order valence-corrected chi connectivity index (χ2v) is 4.17. The van der Waals surface area contributed by atoms with Crippen molar-refractivity contribution in [2.45, 2.75) is 13.5 Å². The molecule has 0 saturated heterocycles. The number of nitrogens with two attached hydrogens (primary N) is 1. The molecule has 0 spiro atoms. The predicted molar refractivity (Wildman–Crippen MR) is 76.8 cm³/mol. The highest BCUT2D eigenvalue weighted by Gasteiger charge is 2.21. The van der Waals surface area contributed by atoms with Crippen molar-refractivity contribution >= 4 is 23.0 Å².